The zero-order chi connectivity index (χ0) is 66.8. The van der Waals surface area contributed by atoms with E-state index in [2.05, 4.69) is 47.5 Å². The van der Waals surface area contributed by atoms with Crippen molar-refractivity contribution in [3.8, 4) is 11.5 Å². The van der Waals surface area contributed by atoms with E-state index in [9.17, 15) is 68.4 Å². The molecule has 496 valence electrons. The maximum atomic E-state index is 14.8. The number of nitrogens with zero attached hydrogens (tertiary/aromatic N) is 2. The van der Waals surface area contributed by atoms with Crippen molar-refractivity contribution in [3.63, 3.8) is 0 Å². The van der Waals surface area contributed by atoms with E-state index in [-0.39, 0.29) is 81.4 Å². The van der Waals surface area contributed by atoms with Crippen LogP contribution >= 0.6 is 0 Å². The molecule has 2 aromatic carbocycles. The summed E-state index contributed by atoms with van der Waals surface area (Å²) in [6, 6.07) is -1.34. The molecule has 1 saturated heterocycles. The predicted octanol–water partition coefficient (Wildman–Crippen LogP) is -0.868. The maximum Gasteiger partial charge on any atom is 0.326 e. The zero-order valence-corrected chi connectivity index (χ0v) is 52.8. The molecule has 0 radical (unpaired) electrons. The van der Waals surface area contributed by atoms with Gasteiger partial charge in [0, 0.05) is 25.9 Å². The molecule has 20 N–H and O–H groups in total. The number of aliphatic carboxylic acids is 1. The van der Waals surface area contributed by atoms with Crippen LogP contribution in [-0.2, 0) is 60.8 Å². The van der Waals surface area contributed by atoms with Crippen molar-refractivity contribution >= 4 is 65.1 Å². The van der Waals surface area contributed by atoms with Gasteiger partial charge in [0.1, 0.15) is 71.9 Å². The van der Waals surface area contributed by atoms with E-state index < -0.39 is 143 Å². The number of unbranched alkanes of at least 4 members (excludes halogenated alkanes) is 1. The van der Waals surface area contributed by atoms with Gasteiger partial charge in [0.15, 0.2) is 5.96 Å². The van der Waals surface area contributed by atoms with E-state index in [4.69, 9.17) is 22.9 Å². The van der Waals surface area contributed by atoms with Crippen molar-refractivity contribution in [2.75, 3.05) is 19.6 Å². The second-order valence-corrected chi connectivity index (χ2v) is 24.0. The predicted molar refractivity (Wildman–Crippen MR) is 332 cm³/mol. The number of guanidine groups is 1. The van der Waals surface area contributed by atoms with Crippen LogP contribution in [0.15, 0.2) is 53.5 Å². The number of aliphatic hydroxyl groups excluding tert-OH is 1. The van der Waals surface area contributed by atoms with Crippen LogP contribution in [0, 0.1) is 23.7 Å². The Morgan fingerprint density at radius 3 is 1.49 bits per heavy atom. The summed E-state index contributed by atoms with van der Waals surface area (Å²) in [5, 5.41) is 61.5. The molecule has 1 aliphatic rings. The molecule has 2 aromatic rings. The number of carbonyl (C=O) groups excluding carboxylic acids is 9. The van der Waals surface area contributed by atoms with Gasteiger partial charge < -0.3 is 90.8 Å². The van der Waals surface area contributed by atoms with E-state index in [0.29, 0.717) is 43.4 Å². The third-order valence-corrected chi connectivity index (χ3v) is 15.4. The standard InChI is InChI=1S/C61H98N14O14/c1-10-35(8)50(74-58(86)49(34(6)7)72-52(80)41(15-11-12-26-62)67-56(84)47(63)36(9)76)59(87)75-28-14-17-46(75)55(83)70-44(31-38-20-24-40(78)25-21-38)54(82)73-48(33(4)5)57(85)68-42(16-13-27-66-61(64)65)51(79)69-43(30-37-18-22-39(77)23-19-37)53(81)71-45(60(88)89)29-32(2)3/h18-25,32-36,41-50,76-78H,10-17,26-31,62-63H2,1-9H3,(H,67,84)(H,68,85)(H,69,79)(H,70,83)(H,71,81)(H,72,80)(H,73,82)(H,74,86)(H,88,89)(H4,64,65,66)/t35-,36+,41-,42-,43-,44-,45-,46-,47-,48-,49-,50-/m0/s1. The van der Waals surface area contributed by atoms with Crippen LogP contribution in [0.4, 0.5) is 0 Å². The molecule has 0 spiro atoms. The molecule has 0 aromatic heterocycles. The zero-order valence-electron chi connectivity index (χ0n) is 52.8. The number of likely N-dealkylation sites (tertiary alicyclic amines) is 1. The molecule has 0 saturated carbocycles. The van der Waals surface area contributed by atoms with Crippen molar-refractivity contribution in [1.82, 2.24) is 47.4 Å². The van der Waals surface area contributed by atoms with Gasteiger partial charge >= 0.3 is 5.97 Å². The molecule has 1 heterocycles. The average molecular weight is 1250 g/mol. The number of aliphatic imine (C=N–C) groups is 1. The van der Waals surface area contributed by atoms with Crippen LogP contribution in [0.25, 0.3) is 0 Å². The lowest BCUT2D eigenvalue weighted by atomic mass is 9.95. The fourth-order valence-corrected chi connectivity index (χ4v) is 9.93. The minimum absolute atomic E-state index is 0.0246. The van der Waals surface area contributed by atoms with Gasteiger partial charge in [-0.25, -0.2) is 4.79 Å². The lowest BCUT2D eigenvalue weighted by molar-refractivity contribution is -0.144. The molecule has 9 amide bonds. The second kappa shape index (κ2) is 37.0. The molecule has 3 rings (SSSR count). The van der Waals surface area contributed by atoms with Gasteiger partial charge in [-0.1, -0.05) is 86.1 Å². The number of benzene rings is 2. The smallest absolute Gasteiger partial charge is 0.326 e. The van der Waals surface area contributed by atoms with Crippen LogP contribution in [0.3, 0.4) is 0 Å². The molecule has 1 fully saturated rings. The number of amides is 9. The van der Waals surface area contributed by atoms with E-state index in [1.165, 1.54) is 60.4 Å². The van der Waals surface area contributed by atoms with Crippen LogP contribution < -0.4 is 65.5 Å². The monoisotopic (exact) mass is 1250 g/mol. The number of hydrogen-bond acceptors (Lipinski definition) is 16. The molecule has 0 unspecified atom stereocenters. The number of carboxylic acids is 1. The quantitative estimate of drug-likeness (QED) is 0.0222. The van der Waals surface area contributed by atoms with Gasteiger partial charge in [-0.3, -0.25) is 48.1 Å². The Balaban J connectivity index is 1.96. The number of hydrogen-bond donors (Lipinski definition) is 16. The van der Waals surface area contributed by atoms with Gasteiger partial charge in [0.25, 0.3) is 0 Å². The Morgan fingerprint density at radius 1 is 0.584 bits per heavy atom. The summed E-state index contributed by atoms with van der Waals surface area (Å²) in [6.45, 7) is 15.5. The number of rotatable bonds is 37. The summed E-state index contributed by atoms with van der Waals surface area (Å²) >= 11 is 0. The SMILES string of the molecule is CC[C@H](C)[C@H](NC(=O)[C@@H](NC(=O)[C@H](CCCCN)NC(=O)[C@@H](N)[C@@H](C)O)C(C)C)C(=O)N1CCC[C@H]1C(=O)N[C@@H](Cc1ccc(O)cc1)C(=O)N[C@H](C(=O)N[C@@H](CCCN=C(N)N)C(=O)N[C@@H](Cc1ccc(O)cc1)C(=O)N[C@@H](CC(C)C)C(=O)O)C(C)C. The Bertz CT molecular complexity index is 2710. The number of phenols is 2. The number of carboxylic acid groups (broad SMARTS) is 1. The first-order valence-corrected chi connectivity index (χ1v) is 30.6. The van der Waals surface area contributed by atoms with E-state index in [0.717, 1.165) is 0 Å². The molecule has 0 aliphatic carbocycles. The van der Waals surface area contributed by atoms with Gasteiger partial charge in [0.05, 0.1) is 6.10 Å². The number of nitrogens with one attached hydrogen (secondary N) is 8. The number of aromatic hydroxyl groups is 2. The van der Waals surface area contributed by atoms with E-state index in [1.807, 2.05) is 6.92 Å². The molecule has 12 atom stereocenters. The highest BCUT2D eigenvalue weighted by Gasteiger charge is 2.42. The highest BCUT2D eigenvalue weighted by atomic mass is 16.4. The van der Waals surface area contributed by atoms with Crippen LogP contribution in [0.2, 0.25) is 0 Å². The van der Waals surface area contributed by atoms with Crippen LogP contribution in [0.5, 0.6) is 11.5 Å². The third kappa shape index (κ3) is 24.8. The largest absolute Gasteiger partial charge is 0.508 e. The number of nitrogens with two attached hydrogens (primary N) is 4. The molecule has 1 aliphatic heterocycles. The lowest BCUT2D eigenvalue weighted by Gasteiger charge is -2.34. The Morgan fingerprint density at radius 2 is 1.02 bits per heavy atom. The molecule has 89 heavy (non-hydrogen) atoms. The molecule has 0 bridgehead atoms. The minimum Gasteiger partial charge on any atom is -0.508 e. The van der Waals surface area contributed by atoms with Gasteiger partial charge in [-0.2, -0.15) is 0 Å². The molecular formula is C61H98N14O14. The fourth-order valence-electron chi connectivity index (χ4n) is 9.93. The first-order chi connectivity index (χ1) is 41.9. The number of carbonyl (C=O) groups is 10. The van der Waals surface area contributed by atoms with Crippen LogP contribution in [0.1, 0.15) is 131 Å². The fraction of sp³-hybridized carbons (Fsp3) is 0.623. The number of phenolic OH excluding ortho intramolecular Hbond substituents is 2. The summed E-state index contributed by atoms with van der Waals surface area (Å²) in [6.07, 6.45) is 0.572. The highest BCUT2D eigenvalue weighted by Crippen LogP contribution is 2.23. The highest BCUT2D eigenvalue weighted by molar-refractivity contribution is 5.99. The Hall–Kier alpha value is -8.11. The Kier molecular flexibility index (Phi) is 31.3. The molecule has 28 heteroatoms. The topological polar surface area (TPSA) is 468 Å². The third-order valence-electron chi connectivity index (χ3n) is 15.4. The molecular weight excluding hydrogens is 1150 g/mol. The molecule has 28 nitrogen and oxygen atoms in total. The van der Waals surface area contributed by atoms with E-state index in [1.54, 1.807) is 48.5 Å². The second-order valence-electron chi connectivity index (χ2n) is 24.0. The van der Waals surface area contributed by atoms with Crippen LogP contribution in [-0.4, -0.2) is 177 Å². The lowest BCUT2D eigenvalue weighted by Crippen LogP contribution is -2.62. The first-order valence-electron chi connectivity index (χ1n) is 30.6. The summed E-state index contributed by atoms with van der Waals surface area (Å²) in [5.41, 5.74) is 23.6. The maximum absolute atomic E-state index is 14.8. The summed E-state index contributed by atoms with van der Waals surface area (Å²) in [5.74, 6) is -10.4. The summed E-state index contributed by atoms with van der Waals surface area (Å²) in [4.78, 5) is 146. The van der Waals surface area contributed by atoms with Crippen molar-refractivity contribution in [2.45, 2.75) is 199 Å². The van der Waals surface area contributed by atoms with Gasteiger partial charge in [0.2, 0.25) is 53.2 Å². The average Bonchev–Trinajstić information content (AvgIpc) is 2.33. The van der Waals surface area contributed by atoms with Crippen molar-refractivity contribution in [1.29, 1.82) is 0 Å². The van der Waals surface area contributed by atoms with Gasteiger partial charge in [-0.15, -0.1) is 0 Å². The number of aliphatic hydroxyl groups is 1. The van der Waals surface area contributed by atoms with Gasteiger partial charge in [-0.05, 0) is 124 Å². The van der Waals surface area contributed by atoms with E-state index >= 15 is 0 Å². The minimum atomic E-state index is -1.42. The van der Waals surface area contributed by atoms with Crippen molar-refractivity contribution in [2.24, 2.45) is 51.6 Å². The normalized spacial score (nSPS) is 16.8. The summed E-state index contributed by atoms with van der Waals surface area (Å²) in [7, 11) is 0. The Labute approximate surface area is 521 Å². The first kappa shape index (κ1) is 75.1. The van der Waals surface area contributed by atoms with Crippen molar-refractivity contribution < 1.29 is 68.4 Å². The summed E-state index contributed by atoms with van der Waals surface area (Å²) < 4.78 is 0. The van der Waals surface area contributed by atoms with Crippen molar-refractivity contribution in [3.05, 3.63) is 59.7 Å².